The van der Waals surface area contributed by atoms with E-state index in [1.165, 1.54) is 54.4 Å². The van der Waals surface area contributed by atoms with Gasteiger partial charge >= 0.3 is 23.8 Å². The third kappa shape index (κ3) is 5.98. The van der Waals surface area contributed by atoms with Crippen molar-refractivity contribution in [2.24, 2.45) is 0 Å². The van der Waals surface area contributed by atoms with Crippen LogP contribution in [-0.4, -0.2) is 40.9 Å². The average Bonchev–Trinajstić information content (AvgIpc) is 3.43. The number of urea groups is 1. The lowest BCUT2D eigenvalue weighted by Gasteiger charge is -2.15. The topological polar surface area (TPSA) is 123 Å². The molecule has 4 rings (SSSR count). The summed E-state index contributed by atoms with van der Waals surface area (Å²) >= 11 is 0. The van der Waals surface area contributed by atoms with Crippen LogP contribution in [0.1, 0.15) is 16.1 Å². The SMILES string of the molecule is CNC(=O)c1cc(Oc2ccc(NC(=O)Nc3cc(C(F)(F)F)ccc3-n3cnnc3)cc2)cc[n+]1OC. The quantitative estimate of drug-likeness (QED) is 0.316. The molecule has 0 saturated carbocycles. The number of amides is 3. The maximum atomic E-state index is 13.2. The lowest BCUT2D eigenvalue weighted by Crippen LogP contribution is -2.47. The summed E-state index contributed by atoms with van der Waals surface area (Å²) < 4.78 is 48.1. The Balaban J connectivity index is 1.47. The van der Waals surface area contributed by atoms with E-state index in [1.54, 1.807) is 30.3 Å². The van der Waals surface area contributed by atoms with E-state index in [1.807, 2.05) is 0 Å². The Morgan fingerprint density at radius 2 is 1.66 bits per heavy atom. The van der Waals surface area contributed by atoms with Crippen molar-refractivity contribution in [3.05, 3.63) is 84.7 Å². The van der Waals surface area contributed by atoms with Gasteiger partial charge in [-0.05, 0) is 42.5 Å². The van der Waals surface area contributed by atoms with Crippen LogP contribution in [0.2, 0.25) is 0 Å². The van der Waals surface area contributed by atoms with Crippen molar-refractivity contribution in [2.45, 2.75) is 6.18 Å². The summed E-state index contributed by atoms with van der Waals surface area (Å²) in [6.07, 6.45) is -0.493. The minimum absolute atomic E-state index is 0.0959. The summed E-state index contributed by atoms with van der Waals surface area (Å²) in [5, 5.41) is 14.8. The molecule has 0 aliphatic carbocycles. The van der Waals surface area contributed by atoms with Crippen LogP contribution in [0.25, 0.3) is 5.69 Å². The molecule has 0 saturated heterocycles. The largest absolute Gasteiger partial charge is 0.457 e. The molecule has 3 amide bonds. The van der Waals surface area contributed by atoms with Gasteiger partial charge in [-0.2, -0.15) is 13.2 Å². The summed E-state index contributed by atoms with van der Waals surface area (Å²) in [5.74, 6) is 0.388. The first-order valence-corrected chi connectivity index (χ1v) is 10.9. The normalized spacial score (nSPS) is 11.0. The van der Waals surface area contributed by atoms with Crippen LogP contribution < -0.4 is 30.3 Å². The van der Waals surface area contributed by atoms with E-state index in [4.69, 9.17) is 9.57 Å². The van der Waals surface area contributed by atoms with E-state index in [2.05, 4.69) is 26.1 Å². The van der Waals surface area contributed by atoms with Crippen molar-refractivity contribution < 1.29 is 37.1 Å². The first kappa shape index (κ1) is 25.9. The molecule has 0 aliphatic heterocycles. The average molecular weight is 528 g/mol. The molecule has 3 N–H and O–H groups in total. The number of hydrogen-bond acceptors (Lipinski definition) is 6. The van der Waals surface area contributed by atoms with Crippen LogP contribution in [0.3, 0.4) is 0 Å². The van der Waals surface area contributed by atoms with E-state index in [0.29, 0.717) is 17.2 Å². The number of halogens is 3. The van der Waals surface area contributed by atoms with Gasteiger partial charge in [-0.3, -0.25) is 14.2 Å². The Kier molecular flexibility index (Phi) is 7.41. The second kappa shape index (κ2) is 10.9. The molecule has 0 aliphatic rings. The molecular weight excluding hydrogens is 507 g/mol. The van der Waals surface area contributed by atoms with E-state index >= 15 is 0 Å². The van der Waals surface area contributed by atoms with Crippen molar-refractivity contribution in [2.75, 3.05) is 24.8 Å². The lowest BCUT2D eigenvalue weighted by atomic mass is 10.1. The fourth-order valence-corrected chi connectivity index (χ4v) is 3.37. The summed E-state index contributed by atoms with van der Waals surface area (Å²) in [6, 6.07) is 11.5. The maximum Gasteiger partial charge on any atom is 0.416 e. The van der Waals surface area contributed by atoms with Crippen molar-refractivity contribution in [3.63, 3.8) is 0 Å². The van der Waals surface area contributed by atoms with Gasteiger partial charge in [0.25, 0.3) is 0 Å². The fourth-order valence-electron chi connectivity index (χ4n) is 3.37. The van der Waals surface area contributed by atoms with Crippen LogP contribution in [0, 0.1) is 0 Å². The number of alkyl halides is 3. The van der Waals surface area contributed by atoms with Crippen LogP contribution >= 0.6 is 0 Å². The zero-order chi connectivity index (χ0) is 27.3. The highest BCUT2D eigenvalue weighted by molar-refractivity contribution is 6.01. The third-order valence-electron chi connectivity index (χ3n) is 5.16. The van der Waals surface area contributed by atoms with Gasteiger partial charge < -0.3 is 20.7 Å². The summed E-state index contributed by atoms with van der Waals surface area (Å²) in [5.41, 5.74) is -0.216. The molecule has 11 nitrogen and oxygen atoms in total. The summed E-state index contributed by atoms with van der Waals surface area (Å²) in [6.45, 7) is 0. The van der Waals surface area contributed by atoms with Crippen molar-refractivity contribution in [3.8, 4) is 17.2 Å². The maximum absolute atomic E-state index is 13.2. The number of ether oxygens (including phenoxy) is 1. The summed E-state index contributed by atoms with van der Waals surface area (Å²) in [4.78, 5) is 29.8. The smallest absolute Gasteiger partial charge is 0.416 e. The molecule has 38 heavy (non-hydrogen) atoms. The number of carbonyl (C=O) groups excluding carboxylic acids is 2. The van der Waals surface area contributed by atoms with E-state index < -0.39 is 17.8 Å². The van der Waals surface area contributed by atoms with Gasteiger partial charge in [-0.15, -0.1) is 10.2 Å². The van der Waals surface area contributed by atoms with Crippen molar-refractivity contribution >= 4 is 23.3 Å². The second-order valence-corrected chi connectivity index (χ2v) is 7.64. The lowest BCUT2D eigenvalue weighted by molar-refractivity contribution is -0.886. The molecule has 2 aromatic heterocycles. The Bertz CT molecular complexity index is 1440. The molecule has 0 unspecified atom stereocenters. The number of carbonyl (C=O) groups is 2. The van der Waals surface area contributed by atoms with Crippen LogP contribution in [0.15, 0.2) is 73.4 Å². The highest BCUT2D eigenvalue weighted by Crippen LogP contribution is 2.33. The zero-order valence-electron chi connectivity index (χ0n) is 20.0. The molecule has 0 atom stereocenters. The second-order valence-electron chi connectivity index (χ2n) is 7.64. The summed E-state index contributed by atoms with van der Waals surface area (Å²) in [7, 11) is 2.90. The van der Waals surface area contributed by atoms with Gasteiger partial charge in [0.05, 0.1) is 23.0 Å². The molecule has 0 bridgehead atoms. The van der Waals surface area contributed by atoms with Gasteiger partial charge in [0, 0.05) is 23.5 Å². The number of nitrogens with one attached hydrogen (secondary N) is 3. The highest BCUT2D eigenvalue weighted by atomic mass is 19.4. The van der Waals surface area contributed by atoms with Crippen LogP contribution in [0.5, 0.6) is 11.5 Å². The molecular formula is C24H21F3N7O4+. The molecule has 0 radical (unpaired) electrons. The predicted octanol–water partition coefficient (Wildman–Crippen LogP) is 3.43. The third-order valence-corrected chi connectivity index (χ3v) is 5.16. The molecule has 0 spiro atoms. The highest BCUT2D eigenvalue weighted by Gasteiger charge is 2.31. The van der Waals surface area contributed by atoms with Crippen molar-refractivity contribution in [1.82, 2.24) is 20.1 Å². The van der Waals surface area contributed by atoms with Crippen LogP contribution in [0.4, 0.5) is 29.3 Å². The van der Waals surface area contributed by atoms with Gasteiger partial charge in [0.15, 0.2) is 0 Å². The number of aromatic nitrogens is 4. The monoisotopic (exact) mass is 528 g/mol. The Morgan fingerprint density at radius 1 is 0.947 bits per heavy atom. The number of benzene rings is 2. The first-order chi connectivity index (χ1) is 18.2. The number of nitrogens with zero attached hydrogens (tertiary/aromatic N) is 4. The van der Waals surface area contributed by atoms with Gasteiger partial charge in [-0.25, -0.2) is 4.79 Å². The fraction of sp³-hybridized carbons (Fsp3) is 0.125. The molecule has 0 fully saturated rings. The number of hydrogen-bond donors (Lipinski definition) is 3. The number of pyridine rings is 1. The standard InChI is InChI=1S/C24H20F3N7O4/c1-28-22(35)21-12-18(9-10-34(21)37-2)38-17-6-4-16(5-7-17)31-23(36)32-19-11-15(24(25,26)27)3-8-20(19)33-13-29-30-14-33/h3-14H,1-2H3,(H2-,28,31,32,35,36)/p+1. The first-order valence-electron chi connectivity index (χ1n) is 10.9. The zero-order valence-corrected chi connectivity index (χ0v) is 20.0. The molecule has 14 heteroatoms. The molecule has 2 heterocycles. The molecule has 4 aromatic rings. The number of rotatable bonds is 7. The Labute approximate surface area is 213 Å². The minimum atomic E-state index is -4.60. The van der Waals surface area contributed by atoms with Gasteiger partial charge in [-0.1, -0.05) is 0 Å². The Hall–Kier alpha value is -5.14. The van der Waals surface area contributed by atoms with Crippen LogP contribution in [-0.2, 0) is 6.18 Å². The van der Waals surface area contributed by atoms with Crippen molar-refractivity contribution in [1.29, 1.82) is 0 Å². The molecule has 196 valence electrons. The van der Waals surface area contributed by atoms with E-state index in [9.17, 15) is 22.8 Å². The molecule has 2 aromatic carbocycles. The number of anilines is 2. The predicted molar refractivity (Wildman–Crippen MR) is 128 cm³/mol. The minimum Gasteiger partial charge on any atom is -0.457 e. The van der Waals surface area contributed by atoms with Gasteiger partial charge in [0.1, 0.15) is 31.3 Å². The van der Waals surface area contributed by atoms with Gasteiger partial charge in [0.2, 0.25) is 6.20 Å². The Morgan fingerprint density at radius 3 is 2.29 bits per heavy atom. The van der Waals surface area contributed by atoms with E-state index in [-0.39, 0.29) is 23.0 Å². The van der Waals surface area contributed by atoms with E-state index in [0.717, 1.165) is 12.1 Å².